The third kappa shape index (κ3) is 4.90. The van der Waals surface area contributed by atoms with Gasteiger partial charge in [-0.25, -0.2) is 9.59 Å². The summed E-state index contributed by atoms with van der Waals surface area (Å²) >= 11 is 12.5. The SMILES string of the molecule is Cc1nc2cn(C[C@@H]3CCCN3C(=O)OC(C)(C)C)c(O)c2c(-c2ccc(Cl)cc2Cl)c1C(=O)O. The van der Waals surface area contributed by atoms with Gasteiger partial charge in [-0.05, 0) is 52.7 Å². The number of fused-ring (bicyclic) bond motifs is 1. The molecule has 3 aromatic rings. The smallest absolute Gasteiger partial charge is 0.410 e. The highest BCUT2D eigenvalue weighted by molar-refractivity contribution is 6.37. The maximum atomic E-state index is 12.7. The quantitative estimate of drug-likeness (QED) is 0.429. The number of aryl methyl sites for hydroxylation is 1. The molecule has 0 aliphatic carbocycles. The van der Waals surface area contributed by atoms with Gasteiger partial charge in [0.2, 0.25) is 5.88 Å². The Morgan fingerprint density at radius 2 is 1.97 bits per heavy atom. The molecule has 1 fully saturated rings. The van der Waals surface area contributed by atoms with Crippen LogP contribution in [0.3, 0.4) is 0 Å². The number of aromatic hydroxyl groups is 1. The summed E-state index contributed by atoms with van der Waals surface area (Å²) in [5, 5.41) is 22.2. The van der Waals surface area contributed by atoms with Crippen molar-refractivity contribution in [3.05, 3.63) is 45.7 Å². The van der Waals surface area contributed by atoms with E-state index < -0.39 is 17.7 Å². The molecule has 1 aliphatic heterocycles. The van der Waals surface area contributed by atoms with Crippen molar-refractivity contribution in [3.63, 3.8) is 0 Å². The van der Waals surface area contributed by atoms with Gasteiger partial charge in [-0.3, -0.25) is 4.98 Å². The van der Waals surface area contributed by atoms with Crippen molar-refractivity contribution < 1.29 is 24.5 Å². The zero-order valence-electron chi connectivity index (χ0n) is 19.9. The van der Waals surface area contributed by atoms with Gasteiger partial charge in [0.05, 0.1) is 28.2 Å². The number of nitrogens with zero attached hydrogens (tertiary/aromatic N) is 3. The minimum absolute atomic E-state index is 0.0500. The maximum absolute atomic E-state index is 12.7. The Bertz CT molecular complexity index is 1330. The van der Waals surface area contributed by atoms with Crippen LogP contribution in [0.15, 0.2) is 24.4 Å². The summed E-state index contributed by atoms with van der Waals surface area (Å²) < 4.78 is 7.15. The Kier molecular flexibility index (Phi) is 6.64. The number of rotatable bonds is 4. The highest BCUT2D eigenvalue weighted by Gasteiger charge is 2.33. The first-order valence-electron chi connectivity index (χ1n) is 11.3. The molecule has 2 aromatic heterocycles. The number of aromatic carboxylic acids is 1. The Labute approximate surface area is 213 Å². The van der Waals surface area contributed by atoms with Crippen LogP contribution < -0.4 is 0 Å². The predicted octanol–water partition coefficient (Wildman–Crippen LogP) is 6.12. The fourth-order valence-corrected chi connectivity index (χ4v) is 5.08. The van der Waals surface area contributed by atoms with Crippen LogP contribution in [0.2, 0.25) is 10.0 Å². The van der Waals surface area contributed by atoms with Crippen molar-refractivity contribution in [1.82, 2.24) is 14.5 Å². The van der Waals surface area contributed by atoms with E-state index in [1.54, 1.807) is 34.7 Å². The van der Waals surface area contributed by atoms with E-state index in [9.17, 15) is 19.8 Å². The number of pyridine rings is 1. The molecule has 1 saturated heterocycles. The maximum Gasteiger partial charge on any atom is 0.410 e. The van der Waals surface area contributed by atoms with Crippen LogP contribution in [0.5, 0.6) is 5.88 Å². The van der Waals surface area contributed by atoms with Gasteiger partial charge in [0.1, 0.15) is 5.60 Å². The molecule has 10 heteroatoms. The molecule has 186 valence electrons. The highest BCUT2D eigenvalue weighted by atomic mass is 35.5. The topological polar surface area (TPSA) is 105 Å². The molecular formula is C25H27Cl2N3O5. The van der Waals surface area contributed by atoms with Crippen LogP contribution in [-0.4, -0.2) is 54.9 Å². The molecule has 1 aliphatic rings. The van der Waals surface area contributed by atoms with Gasteiger partial charge in [-0.2, -0.15) is 0 Å². The number of halogens is 2. The van der Waals surface area contributed by atoms with E-state index >= 15 is 0 Å². The molecular weight excluding hydrogens is 493 g/mol. The van der Waals surface area contributed by atoms with E-state index in [-0.39, 0.29) is 33.5 Å². The molecule has 0 saturated carbocycles. The zero-order chi connectivity index (χ0) is 25.7. The molecule has 4 rings (SSSR count). The summed E-state index contributed by atoms with van der Waals surface area (Å²) in [7, 11) is 0. The molecule has 3 heterocycles. The summed E-state index contributed by atoms with van der Waals surface area (Å²) in [4.78, 5) is 31.1. The number of carbonyl (C=O) groups is 2. The molecule has 1 amide bonds. The van der Waals surface area contributed by atoms with Gasteiger partial charge in [0.15, 0.2) is 0 Å². The molecule has 2 N–H and O–H groups in total. The summed E-state index contributed by atoms with van der Waals surface area (Å²) in [6.45, 7) is 7.92. The first-order chi connectivity index (χ1) is 16.4. The molecule has 1 aromatic carbocycles. The third-order valence-electron chi connectivity index (χ3n) is 6.01. The van der Waals surface area contributed by atoms with Crippen molar-refractivity contribution in [2.75, 3.05) is 6.54 Å². The van der Waals surface area contributed by atoms with Crippen LogP contribution in [0.1, 0.15) is 49.7 Å². The Hall–Kier alpha value is -2.97. The average molecular weight is 520 g/mol. The van der Waals surface area contributed by atoms with Crippen LogP contribution >= 0.6 is 23.2 Å². The fraction of sp³-hybridized carbons (Fsp3) is 0.400. The number of hydrogen-bond acceptors (Lipinski definition) is 5. The van der Waals surface area contributed by atoms with Gasteiger partial charge < -0.3 is 24.4 Å². The molecule has 8 nitrogen and oxygen atoms in total. The average Bonchev–Trinajstić information content (AvgIpc) is 3.31. The Balaban J connectivity index is 1.82. The largest absolute Gasteiger partial charge is 0.494 e. The second kappa shape index (κ2) is 9.24. The summed E-state index contributed by atoms with van der Waals surface area (Å²) in [5.41, 5.74) is 0.746. The molecule has 0 unspecified atom stereocenters. The minimum Gasteiger partial charge on any atom is -0.494 e. The standard InChI is InChI=1S/C25H27Cl2N3O5/c1-13-19(23(32)33)20(16-8-7-14(26)10-17(16)27)21-18(28-13)12-29(22(21)31)11-15-6-5-9-30(15)24(34)35-25(2,3)4/h7-8,10,12,15,31H,5-6,9,11H2,1-4H3,(H,32,33)/t15-/m0/s1. The Morgan fingerprint density at radius 3 is 2.60 bits per heavy atom. The third-order valence-corrected chi connectivity index (χ3v) is 6.55. The van der Waals surface area contributed by atoms with Crippen molar-refractivity contribution in [3.8, 4) is 17.0 Å². The van der Waals surface area contributed by atoms with E-state index in [1.807, 2.05) is 20.8 Å². The Morgan fingerprint density at radius 1 is 1.26 bits per heavy atom. The number of hydrogen-bond donors (Lipinski definition) is 2. The first-order valence-corrected chi connectivity index (χ1v) is 12.0. The van der Waals surface area contributed by atoms with Gasteiger partial charge in [-0.15, -0.1) is 0 Å². The predicted molar refractivity (Wildman–Crippen MR) is 135 cm³/mol. The number of amides is 1. The second-order valence-electron chi connectivity index (χ2n) is 9.71. The molecule has 0 bridgehead atoms. The van der Waals surface area contributed by atoms with E-state index in [0.717, 1.165) is 12.8 Å². The molecule has 0 radical (unpaired) electrons. The van der Waals surface area contributed by atoms with Crippen molar-refractivity contribution in [1.29, 1.82) is 0 Å². The van der Waals surface area contributed by atoms with Crippen molar-refractivity contribution in [2.24, 2.45) is 0 Å². The minimum atomic E-state index is -1.18. The second-order valence-corrected chi connectivity index (χ2v) is 10.6. The van der Waals surface area contributed by atoms with E-state index in [1.165, 1.54) is 6.07 Å². The van der Waals surface area contributed by atoms with Crippen molar-refractivity contribution >= 4 is 46.2 Å². The summed E-state index contributed by atoms with van der Waals surface area (Å²) in [6, 6.07) is 4.57. The van der Waals surface area contributed by atoms with Crippen molar-refractivity contribution in [2.45, 2.75) is 58.7 Å². The lowest BCUT2D eigenvalue weighted by Gasteiger charge is -2.29. The van der Waals surface area contributed by atoms with Gasteiger partial charge in [0.25, 0.3) is 0 Å². The lowest BCUT2D eigenvalue weighted by atomic mass is 9.95. The number of likely N-dealkylation sites (tertiary alicyclic amines) is 1. The number of benzene rings is 1. The van der Waals surface area contributed by atoms with Crippen LogP contribution in [0, 0.1) is 6.92 Å². The summed E-state index contributed by atoms with van der Waals surface area (Å²) in [6.07, 6.45) is 2.84. The van der Waals surface area contributed by atoms with Gasteiger partial charge in [-0.1, -0.05) is 29.3 Å². The lowest BCUT2D eigenvalue weighted by Crippen LogP contribution is -2.41. The van der Waals surface area contributed by atoms with Crippen LogP contribution in [0.4, 0.5) is 4.79 Å². The van der Waals surface area contributed by atoms with Gasteiger partial charge in [0, 0.05) is 40.5 Å². The number of carbonyl (C=O) groups excluding carboxylic acids is 1. The lowest BCUT2D eigenvalue weighted by molar-refractivity contribution is 0.0212. The van der Waals surface area contributed by atoms with E-state index in [0.29, 0.717) is 34.9 Å². The molecule has 0 spiro atoms. The van der Waals surface area contributed by atoms with Crippen LogP contribution in [-0.2, 0) is 11.3 Å². The number of ether oxygens (including phenoxy) is 1. The number of carboxylic acids is 1. The van der Waals surface area contributed by atoms with Gasteiger partial charge >= 0.3 is 12.1 Å². The first kappa shape index (κ1) is 25.1. The monoisotopic (exact) mass is 519 g/mol. The van der Waals surface area contributed by atoms with E-state index in [4.69, 9.17) is 27.9 Å². The number of aromatic nitrogens is 2. The summed E-state index contributed by atoms with van der Waals surface area (Å²) in [5.74, 6) is -1.33. The normalized spacial score (nSPS) is 16.2. The molecule has 1 atom stereocenters. The zero-order valence-corrected chi connectivity index (χ0v) is 21.4. The fourth-order valence-electron chi connectivity index (χ4n) is 4.57. The molecule has 35 heavy (non-hydrogen) atoms. The van der Waals surface area contributed by atoms with Crippen LogP contribution in [0.25, 0.3) is 22.0 Å². The van der Waals surface area contributed by atoms with E-state index in [2.05, 4.69) is 4.98 Å². The highest BCUT2D eigenvalue weighted by Crippen LogP contribution is 2.42. The number of carboxylic acid groups (broad SMARTS) is 1.